The lowest BCUT2D eigenvalue weighted by molar-refractivity contribution is -0.126. The van der Waals surface area contributed by atoms with Crippen LogP contribution in [0.3, 0.4) is 0 Å². The number of rotatable bonds is 9. The summed E-state index contributed by atoms with van der Waals surface area (Å²) in [5.41, 5.74) is 12.2. The molecular weight excluding hydrogens is 577 g/mol. The lowest BCUT2D eigenvalue weighted by Crippen LogP contribution is -2.61. The van der Waals surface area contributed by atoms with Gasteiger partial charge in [-0.05, 0) is 68.8 Å². The zero-order valence-electron chi connectivity index (χ0n) is 23.7. The molecule has 0 bridgehead atoms. The average Bonchev–Trinajstić information content (AvgIpc) is 3.32. The standard InChI is InChI=1S/C29H31ClFN9O3/c1-3-34-29(28(33)43)10-12-39(13-11-29)26-24-27(36-16(2)35-26)40(25(38-24)20-9-4-17(30)14-21(20)31)19-7-5-18(6-8-19)37-23(42)15-22(32)41/h4-9,14,34H,3,10-13,15H2,1-2H3,(H2,32,41)(H2,33,43)(H,37,42). The van der Waals surface area contributed by atoms with Crippen LogP contribution in [0.25, 0.3) is 28.2 Å². The molecule has 0 spiro atoms. The molecule has 3 amide bonds. The van der Waals surface area contributed by atoms with Gasteiger partial charge in [0.2, 0.25) is 17.7 Å². The highest BCUT2D eigenvalue weighted by Crippen LogP contribution is 2.35. The molecule has 14 heteroatoms. The molecular formula is C29H31ClFN9O3. The van der Waals surface area contributed by atoms with Gasteiger partial charge < -0.3 is 27.0 Å². The number of hydrogen-bond acceptors (Lipinski definition) is 8. The van der Waals surface area contributed by atoms with E-state index < -0.39 is 35.5 Å². The van der Waals surface area contributed by atoms with Crippen molar-refractivity contribution in [2.45, 2.75) is 38.6 Å². The lowest BCUT2D eigenvalue weighted by Gasteiger charge is -2.40. The Kier molecular flexibility index (Phi) is 8.29. The topological polar surface area (TPSA) is 174 Å². The fourth-order valence-electron chi connectivity index (χ4n) is 5.37. The number of aryl methyl sites for hydroxylation is 1. The first kappa shape index (κ1) is 29.9. The van der Waals surface area contributed by atoms with Gasteiger partial charge in [-0.2, -0.15) is 0 Å². The molecule has 43 heavy (non-hydrogen) atoms. The van der Waals surface area contributed by atoms with Crippen LogP contribution in [0.5, 0.6) is 0 Å². The number of likely N-dealkylation sites (N-methyl/N-ethyl adjacent to an activating group) is 1. The molecule has 2 aromatic heterocycles. The molecule has 0 atom stereocenters. The maximum absolute atomic E-state index is 15.3. The molecule has 1 aliphatic rings. The molecule has 3 heterocycles. The van der Waals surface area contributed by atoms with Crippen molar-refractivity contribution in [3.63, 3.8) is 0 Å². The number of carbonyl (C=O) groups excluding carboxylic acids is 3. The summed E-state index contributed by atoms with van der Waals surface area (Å²) in [5.74, 6) is -0.941. The second-order valence-electron chi connectivity index (χ2n) is 10.4. The van der Waals surface area contributed by atoms with Crippen LogP contribution in [-0.2, 0) is 14.4 Å². The quantitative estimate of drug-likeness (QED) is 0.210. The summed E-state index contributed by atoms with van der Waals surface area (Å²) in [6.07, 6.45) is 0.504. The Morgan fingerprint density at radius 2 is 1.74 bits per heavy atom. The maximum atomic E-state index is 15.3. The number of anilines is 2. The van der Waals surface area contributed by atoms with E-state index in [1.807, 2.05) is 11.8 Å². The van der Waals surface area contributed by atoms with Gasteiger partial charge in [0.15, 0.2) is 17.0 Å². The van der Waals surface area contributed by atoms with Crippen molar-refractivity contribution in [2.75, 3.05) is 29.9 Å². The Morgan fingerprint density at radius 1 is 1.05 bits per heavy atom. The molecule has 224 valence electrons. The number of benzene rings is 2. The molecule has 1 aliphatic heterocycles. The zero-order valence-corrected chi connectivity index (χ0v) is 24.4. The zero-order chi connectivity index (χ0) is 30.9. The smallest absolute Gasteiger partial charge is 0.237 e. The molecule has 5 rings (SSSR count). The van der Waals surface area contributed by atoms with Crippen LogP contribution in [0, 0.1) is 12.7 Å². The van der Waals surface area contributed by atoms with E-state index in [1.54, 1.807) is 47.9 Å². The number of imidazole rings is 1. The van der Waals surface area contributed by atoms with E-state index in [-0.39, 0.29) is 16.4 Å². The molecule has 1 fully saturated rings. The summed E-state index contributed by atoms with van der Waals surface area (Å²) in [6.45, 7) is 5.27. The normalized spacial score (nSPS) is 14.6. The van der Waals surface area contributed by atoms with Crippen molar-refractivity contribution >= 4 is 52.0 Å². The van der Waals surface area contributed by atoms with Crippen LogP contribution in [0.2, 0.25) is 5.02 Å². The molecule has 1 saturated heterocycles. The maximum Gasteiger partial charge on any atom is 0.237 e. The first-order valence-electron chi connectivity index (χ1n) is 13.7. The van der Waals surface area contributed by atoms with E-state index in [4.69, 9.17) is 38.0 Å². The van der Waals surface area contributed by atoms with E-state index in [9.17, 15) is 14.4 Å². The first-order chi connectivity index (χ1) is 20.5. The predicted octanol–water partition coefficient (Wildman–Crippen LogP) is 2.83. The number of nitrogens with two attached hydrogens (primary N) is 2. The number of piperidine rings is 1. The minimum absolute atomic E-state index is 0.198. The van der Waals surface area contributed by atoms with Gasteiger partial charge in [0.25, 0.3) is 0 Å². The Labute approximate surface area is 251 Å². The van der Waals surface area contributed by atoms with Crippen LogP contribution in [0.15, 0.2) is 42.5 Å². The fourth-order valence-corrected chi connectivity index (χ4v) is 5.53. The van der Waals surface area contributed by atoms with Crippen molar-refractivity contribution in [3.8, 4) is 17.1 Å². The van der Waals surface area contributed by atoms with Gasteiger partial charge in [0.1, 0.15) is 29.4 Å². The van der Waals surface area contributed by atoms with Crippen LogP contribution >= 0.6 is 11.6 Å². The van der Waals surface area contributed by atoms with Crippen molar-refractivity contribution in [1.29, 1.82) is 0 Å². The lowest BCUT2D eigenvalue weighted by atomic mass is 9.86. The Hall–Kier alpha value is -4.62. The minimum Gasteiger partial charge on any atom is -0.369 e. The number of aromatic nitrogens is 4. The summed E-state index contributed by atoms with van der Waals surface area (Å²) >= 11 is 6.05. The van der Waals surface area contributed by atoms with E-state index in [0.717, 1.165) is 0 Å². The molecule has 4 aromatic rings. The van der Waals surface area contributed by atoms with Gasteiger partial charge in [-0.1, -0.05) is 18.5 Å². The number of primary amides is 2. The summed E-state index contributed by atoms with van der Waals surface area (Å²) in [5, 5.41) is 6.11. The largest absolute Gasteiger partial charge is 0.369 e. The minimum atomic E-state index is -0.808. The van der Waals surface area contributed by atoms with E-state index >= 15 is 4.39 Å². The molecule has 0 aliphatic carbocycles. The second-order valence-corrected chi connectivity index (χ2v) is 10.8. The van der Waals surface area contributed by atoms with Gasteiger partial charge in [0.05, 0.1) is 5.56 Å². The fraction of sp³-hybridized carbons (Fsp3) is 0.310. The van der Waals surface area contributed by atoms with Gasteiger partial charge >= 0.3 is 0 Å². The van der Waals surface area contributed by atoms with Gasteiger partial charge in [0, 0.05) is 29.5 Å². The number of nitrogens with zero attached hydrogens (tertiary/aromatic N) is 5. The van der Waals surface area contributed by atoms with Crippen LogP contribution in [0.1, 0.15) is 32.0 Å². The summed E-state index contributed by atoms with van der Waals surface area (Å²) in [6, 6.07) is 11.1. The highest BCUT2D eigenvalue weighted by Gasteiger charge is 2.40. The second kappa shape index (κ2) is 11.9. The first-order valence-corrected chi connectivity index (χ1v) is 14.1. The van der Waals surface area contributed by atoms with Gasteiger partial charge in [-0.3, -0.25) is 19.0 Å². The number of amides is 3. The number of fused-ring (bicyclic) bond motifs is 1. The average molecular weight is 608 g/mol. The molecule has 2 aromatic carbocycles. The molecule has 0 radical (unpaired) electrons. The Bertz CT molecular complexity index is 1720. The number of nitrogens with one attached hydrogen (secondary N) is 2. The van der Waals surface area contributed by atoms with Gasteiger partial charge in [-0.25, -0.2) is 19.3 Å². The third kappa shape index (κ3) is 5.99. The van der Waals surface area contributed by atoms with Crippen LogP contribution < -0.4 is 27.0 Å². The molecule has 6 N–H and O–H groups in total. The van der Waals surface area contributed by atoms with E-state index in [0.29, 0.717) is 66.7 Å². The summed E-state index contributed by atoms with van der Waals surface area (Å²) < 4.78 is 17.0. The monoisotopic (exact) mass is 607 g/mol. The third-order valence-electron chi connectivity index (χ3n) is 7.42. The highest BCUT2D eigenvalue weighted by molar-refractivity contribution is 6.30. The highest BCUT2D eigenvalue weighted by atomic mass is 35.5. The molecule has 12 nitrogen and oxygen atoms in total. The molecule has 0 saturated carbocycles. The number of carbonyl (C=O) groups is 3. The summed E-state index contributed by atoms with van der Waals surface area (Å²) in [7, 11) is 0. The van der Waals surface area contributed by atoms with Gasteiger partial charge in [-0.15, -0.1) is 0 Å². The molecule has 0 unspecified atom stereocenters. The van der Waals surface area contributed by atoms with Crippen molar-refractivity contribution in [1.82, 2.24) is 24.8 Å². The predicted molar refractivity (Wildman–Crippen MR) is 161 cm³/mol. The van der Waals surface area contributed by atoms with Crippen molar-refractivity contribution in [2.24, 2.45) is 11.5 Å². The van der Waals surface area contributed by atoms with Crippen molar-refractivity contribution in [3.05, 3.63) is 59.1 Å². The Balaban J connectivity index is 1.61. The van der Waals surface area contributed by atoms with Crippen LogP contribution in [-0.4, -0.2) is 62.4 Å². The third-order valence-corrected chi connectivity index (χ3v) is 7.65. The van der Waals surface area contributed by atoms with E-state index in [1.165, 1.54) is 6.07 Å². The number of halogens is 2. The van der Waals surface area contributed by atoms with Crippen molar-refractivity contribution < 1.29 is 18.8 Å². The van der Waals surface area contributed by atoms with E-state index in [2.05, 4.69) is 10.6 Å². The SMILES string of the molecule is CCNC1(C(N)=O)CCN(c2nc(C)nc3c2nc(-c2ccc(Cl)cc2F)n3-c2ccc(NC(=O)CC(N)=O)cc2)CC1. The number of hydrogen-bond donors (Lipinski definition) is 4. The summed E-state index contributed by atoms with van der Waals surface area (Å²) in [4.78, 5) is 51.8. The Morgan fingerprint density at radius 3 is 2.35 bits per heavy atom. The van der Waals surface area contributed by atoms with Crippen LogP contribution in [0.4, 0.5) is 15.9 Å².